The van der Waals surface area contributed by atoms with Gasteiger partial charge in [0, 0.05) is 24.3 Å². The van der Waals surface area contributed by atoms with Crippen molar-refractivity contribution in [2.75, 3.05) is 11.4 Å². The molecular weight excluding hydrogens is 400 g/mol. The van der Waals surface area contributed by atoms with E-state index in [9.17, 15) is 4.79 Å². The number of nitrogens with zero attached hydrogens (tertiary/aromatic N) is 3. The van der Waals surface area contributed by atoms with Gasteiger partial charge < -0.3 is 15.4 Å². The maximum absolute atomic E-state index is 12.6. The quantitative estimate of drug-likeness (QED) is 0.472. The highest BCUT2D eigenvalue weighted by atomic mass is 16.5. The van der Waals surface area contributed by atoms with Crippen LogP contribution in [0.5, 0.6) is 11.5 Å². The molecule has 0 unspecified atom stereocenters. The second kappa shape index (κ2) is 8.23. The van der Waals surface area contributed by atoms with Gasteiger partial charge in [-0.15, -0.1) is 0 Å². The Balaban J connectivity index is 1.55. The van der Waals surface area contributed by atoms with Gasteiger partial charge in [0.25, 0.3) is 5.91 Å². The standard InChI is InChI=1S/C26H24N4O2/c1-18-8-5-6-11-22(18)29-16-7-17-30-26(29)23(25(27)31)24(28-30)19-12-14-21(15-13-19)32-20-9-3-2-4-10-20/h2-6,8-15H,7,16-17H2,1H3,(H2,27,31). The van der Waals surface area contributed by atoms with E-state index in [-0.39, 0.29) is 0 Å². The molecule has 4 aromatic rings. The first-order valence-electron chi connectivity index (χ1n) is 10.7. The highest BCUT2D eigenvalue weighted by Gasteiger charge is 2.30. The lowest BCUT2D eigenvalue weighted by atomic mass is 10.0. The van der Waals surface area contributed by atoms with Crippen molar-refractivity contribution < 1.29 is 9.53 Å². The second-order valence-corrected chi connectivity index (χ2v) is 7.87. The maximum Gasteiger partial charge on any atom is 0.254 e. The van der Waals surface area contributed by atoms with Crippen molar-refractivity contribution in [3.8, 4) is 22.8 Å². The van der Waals surface area contributed by atoms with Crippen LogP contribution < -0.4 is 15.4 Å². The molecule has 0 aliphatic carbocycles. The molecule has 32 heavy (non-hydrogen) atoms. The van der Waals surface area contributed by atoms with Crippen molar-refractivity contribution in [3.05, 3.63) is 90.0 Å². The van der Waals surface area contributed by atoms with Gasteiger partial charge in [-0.3, -0.25) is 4.79 Å². The molecule has 0 spiro atoms. The number of aromatic nitrogens is 2. The van der Waals surface area contributed by atoms with Crippen molar-refractivity contribution >= 4 is 17.4 Å². The first-order valence-corrected chi connectivity index (χ1v) is 10.7. The molecule has 1 aliphatic rings. The van der Waals surface area contributed by atoms with Crippen molar-refractivity contribution in [1.29, 1.82) is 0 Å². The van der Waals surface area contributed by atoms with Crippen LogP contribution in [0.2, 0.25) is 0 Å². The number of benzene rings is 3. The number of carbonyl (C=O) groups is 1. The van der Waals surface area contributed by atoms with E-state index in [1.807, 2.05) is 71.4 Å². The molecule has 3 aromatic carbocycles. The number of ether oxygens (including phenoxy) is 1. The summed E-state index contributed by atoms with van der Waals surface area (Å²) in [6.45, 7) is 3.62. The van der Waals surface area contributed by atoms with E-state index in [1.54, 1.807) is 0 Å². The predicted octanol–water partition coefficient (Wildman–Crippen LogP) is 5.29. The van der Waals surface area contributed by atoms with Gasteiger partial charge in [0.2, 0.25) is 0 Å². The van der Waals surface area contributed by atoms with Gasteiger partial charge in [-0.05, 0) is 61.4 Å². The summed E-state index contributed by atoms with van der Waals surface area (Å²) in [6.07, 6.45) is 0.935. The van der Waals surface area contributed by atoms with Crippen LogP contribution in [0.3, 0.4) is 0 Å². The molecule has 0 saturated heterocycles. The first-order chi connectivity index (χ1) is 15.6. The zero-order chi connectivity index (χ0) is 22.1. The van der Waals surface area contributed by atoms with E-state index in [2.05, 4.69) is 24.0 Å². The van der Waals surface area contributed by atoms with Crippen molar-refractivity contribution in [2.24, 2.45) is 5.73 Å². The lowest BCUT2D eigenvalue weighted by Crippen LogP contribution is -2.30. The molecule has 6 nitrogen and oxygen atoms in total. The number of para-hydroxylation sites is 2. The lowest BCUT2D eigenvalue weighted by Gasteiger charge is -2.31. The number of aryl methyl sites for hydroxylation is 2. The fraction of sp³-hybridized carbons (Fsp3) is 0.154. The SMILES string of the molecule is Cc1ccccc1N1CCCn2nc(-c3ccc(Oc4ccccc4)cc3)c(C(N)=O)c21. The highest BCUT2D eigenvalue weighted by molar-refractivity contribution is 6.04. The van der Waals surface area contributed by atoms with Crippen molar-refractivity contribution in [3.63, 3.8) is 0 Å². The number of hydrogen-bond donors (Lipinski definition) is 1. The molecule has 0 bridgehead atoms. The Kier molecular flexibility index (Phi) is 5.11. The number of anilines is 2. The largest absolute Gasteiger partial charge is 0.457 e. The van der Waals surface area contributed by atoms with Crippen LogP contribution in [0, 0.1) is 6.92 Å². The number of primary amides is 1. The minimum atomic E-state index is -0.480. The molecule has 160 valence electrons. The molecule has 2 N–H and O–H groups in total. The highest BCUT2D eigenvalue weighted by Crippen LogP contribution is 2.39. The summed E-state index contributed by atoms with van der Waals surface area (Å²) in [5.41, 5.74) is 9.96. The smallest absolute Gasteiger partial charge is 0.254 e. The summed E-state index contributed by atoms with van der Waals surface area (Å²) >= 11 is 0. The normalized spacial score (nSPS) is 13.0. The number of nitrogens with two attached hydrogens (primary N) is 1. The second-order valence-electron chi connectivity index (χ2n) is 7.87. The van der Waals surface area contributed by atoms with Crippen LogP contribution in [0.25, 0.3) is 11.3 Å². The number of carbonyl (C=O) groups excluding carboxylic acids is 1. The zero-order valence-corrected chi connectivity index (χ0v) is 17.9. The van der Waals surface area contributed by atoms with Crippen LogP contribution >= 0.6 is 0 Å². The molecule has 0 fully saturated rings. The molecule has 6 heteroatoms. The monoisotopic (exact) mass is 424 g/mol. The fourth-order valence-electron chi connectivity index (χ4n) is 4.20. The molecule has 0 radical (unpaired) electrons. The molecule has 1 aromatic heterocycles. The van der Waals surface area contributed by atoms with Gasteiger partial charge in [-0.1, -0.05) is 36.4 Å². The van der Waals surface area contributed by atoms with Gasteiger partial charge in [0.05, 0.1) is 0 Å². The first kappa shape index (κ1) is 19.9. The minimum absolute atomic E-state index is 0.449. The Morgan fingerprint density at radius 3 is 2.31 bits per heavy atom. The van der Waals surface area contributed by atoms with Crippen molar-refractivity contribution in [1.82, 2.24) is 9.78 Å². The molecule has 0 atom stereocenters. The molecular formula is C26H24N4O2. The summed E-state index contributed by atoms with van der Waals surface area (Å²) in [7, 11) is 0. The van der Waals surface area contributed by atoms with Gasteiger partial charge >= 0.3 is 0 Å². The molecule has 5 rings (SSSR count). The Hall–Kier alpha value is -4.06. The van der Waals surface area contributed by atoms with Crippen molar-refractivity contribution in [2.45, 2.75) is 19.9 Å². The number of fused-ring (bicyclic) bond motifs is 1. The fourth-order valence-corrected chi connectivity index (χ4v) is 4.20. The topological polar surface area (TPSA) is 73.4 Å². The van der Waals surface area contributed by atoms with Crippen LogP contribution in [0.4, 0.5) is 11.5 Å². The number of hydrogen-bond acceptors (Lipinski definition) is 4. The molecule has 0 saturated carbocycles. The van der Waals surface area contributed by atoms with E-state index in [4.69, 9.17) is 15.6 Å². The number of rotatable bonds is 5. The summed E-state index contributed by atoms with van der Waals surface area (Å²) in [5.74, 6) is 1.76. The van der Waals surface area contributed by atoms with E-state index >= 15 is 0 Å². The van der Waals surface area contributed by atoms with E-state index in [1.165, 1.54) is 0 Å². The maximum atomic E-state index is 12.6. The van der Waals surface area contributed by atoms with E-state index in [0.29, 0.717) is 17.0 Å². The van der Waals surface area contributed by atoms with Gasteiger partial charge in [-0.25, -0.2) is 4.68 Å². The summed E-state index contributed by atoms with van der Waals surface area (Å²) in [4.78, 5) is 14.8. The van der Waals surface area contributed by atoms with E-state index in [0.717, 1.165) is 47.9 Å². The molecule has 2 heterocycles. The zero-order valence-electron chi connectivity index (χ0n) is 17.9. The van der Waals surface area contributed by atoms with Gasteiger partial charge in [0.15, 0.2) is 0 Å². The minimum Gasteiger partial charge on any atom is -0.457 e. The summed E-state index contributed by atoms with van der Waals surface area (Å²) < 4.78 is 7.79. The average Bonchev–Trinajstić information content (AvgIpc) is 3.21. The predicted molar refractivity (Wildman–Crippen MR) is 125 cm³/mol. The Morgan fingerprint density at radius 1 is 0.906 bits per heavy atom. The molecule has 1 amide bonds. The third kappa shape index (κ3) is 3.60. The summed E-state index contributed by atoms with van der Waals surface area (Å²) in [5, 5.41) is 4.79. The average molecular weight is 425 g/mol. The summed E-state index contributed by atoms with van der Waals surface area (Å²) in [6, 6.07) is 25.4. The third-order valence-corrected chi connectivity index (χ3v) is 5.69. The third-order valence-electron chi connectivity index (χ3n) is 5.69. The Labute approximate surface area is 186 Å². The van der Waals surface area contributed by atoms with Crippen LogP contribution in [-0.4, -0.2) is 22.2 Å². The Bertz CT molecular complexity index is 1260. The van der Waals surface area contributed by atoms with Crippen LogP contribution in [-0.2, 0) is 6.54 Å². The van der Waals surface area contributed by atoms with E-state index < -0.39 is 5.91 Å². The van der Waals surface area contributed by atoms with Crippen LogP contribution in [0.1, 0.15) is 22.3 Å². The lowest BCUT2D eigenvalue weighted by molar-refractivity contribution is 0.100. The van der Waals surface area contributed by atoms with Gasteiger partial charge in [0.1, 0.15) is 28.6 Å². The Morgan fingerprint density at radius 2 is 1.59 bits per heavy atom. The van der Waals surface area contributed by atoms with Gasteiger partial charge in [-0.2, -0.15) is 5.10 Å². The molecule has 1 aliphatic heterocycles. The number of amides is 1. The van der Waals surface area contributed by atoms with Crippen LogP contribution in [0.15, 0.2) is 78.9 Å².